The zero-order chi connectivity index (χ0) is 11.5. The van der Waals surface area contributed by atoms with Crippen molar-refractivity contribution >= 4 is 23.4 Å². The Labute approximate surface area is 95.9 Å². The maximum atomic E-state index is 10.4. The van der Waals surface area contributed by atoms with E-state index < -0.39 is 5.97 Å². The van der Waals surface area contributed by atoms with E-state index in [9.17, 15) is 4.79 Å². The number of aryl methyl sites for hydroxylation is 1. The molecule has 0 aliphatic heterocycles. The van der Waals surface area contributed by atoms with Crippen molar-refractivity contribution in [2.75, 3.05) is 0 Å². The Kier molecular flexibility index (Phi) is 2.87. The van der Waals surface area contributed by atoms with Crippen molar-refractivity contribution in [3.63, 3.8) is 0 Å². The minimum absolute atomic E-state index is 0.567. The Morgan fingerprint density at radius 3 is 3.06 bits per heavy atom. The third-order valence-corrected chi connectivity index (χ3v) is 3.14. The molecule has 0 radical (unpaired) electrons. The first-order chi connectivity index (χ1) is 7.66. The van der Waals surface area contributed by atoms with Crippen LogP contribution in [0.5, 0.6) is 0 Å². The average molecular weight is 235 g/mol. The van der Waals surface area contributed by atoms with Gasteiger partial charge in [-0.3, -0.25) is 0 Å². The highest BCUT2D eigenvalue weighted by molar-refractivity contribution is 7.16. The molecule has 0 atom stereocenters. The Morgan fingerprint density at radius 1 is 1.62 bits per heavy atom. The van der Waals surface area contributed by atoms with Crippen LogP contribution in [0.1, 0.15) is 10.4 Å². The minimum atomic E-state index is -0.955. The van der Waals surface area contributed by atoms with Crippen LogP contribution in [-0.4, -0.2) is 16.1 Å². The van der Waals surface area contributed by atoms with Crippen molar-refractivity contribution in [3.8, 4) is 10.8 Å². The van der Waals surface area contributed by atoms with Gasteiger partial charge >= 0.3 is 5.97 Å². The summed E-state index contributed by atoms with van der Waals surface area (Å²) in [5.41, 5.74) is 1.03. The Morgan fingerprint density at radius 2 is 2.44 bits per heavy atom. The summed E-state index contributed by atoms with van der Waals surface area (Å²) in [6.07, 6.45) is 5.78. The van der Waals surface area contributed by atoms with Gasteiger partial charge in [0.15, 0.2) is 0 Å². The molecule has 0 aromatic carbocycles. The molecule has 1 N–H and O–H groups in total. The van der Waals surface area contributed by atoms with Gasteiger partial charge in [0.25, 0.3) is 0 Å². The van der Waals surface area contributed by atoms with E-state index in [4.69, 9.17) is 9.52 Å². The van der Waals surface area contributed by atoms with Gasteiger partial charge < -0.3 is 9.52 Å². The highest BCUT2D eigenvalue weighted by Gasteiger charge is 2.10. The van der Waals surface area contributed by atoms with E-state index in [-0.39, 0.29) is 0 Å². The van der Waals surface area contributed by atoms with Crippen molar-refractivity contribution in [3.05, 3.63) is 35.0 Å². The van der Waals surface area contributed by atoms with Gasteiger partial charge in [-0.2, -0.15) is 0 Å². The van der Waals surface area contributed by atoms with Gasteiger partial charge in [0.1, 0.15) is 6.26 Å². The smallest absolute Gasteiger partial charge is 0.328 e. The van der Waals surface area contributed by atoms with Crippen LogP contribution in [0.15, 0.2) is 29.0 Å². The number of aliphatic carboxylic acids is 1. The number of aromatic nitrogens is 1. The fourth-order valence-electron chi connectivity index (χ4n) is 1.29. The largest absolute Gasteiger partial charge is 0.478 e. The van der Waals surface area contributed by atoms with Crippen molar-refractivity contribution in [1.29, 1.82) is 0 Å². The number of carboxylic acid groups (broad SMARTS) is 1. The maximum absolute atomic E-state index is 10.4. The van der Waals surface area contributed by atoms with Crippen LogP contribution in [0.2, 0.25) is 0 Å². The van der Waals surface area contributed by atoms with E-state index in [1.807, 2.05) is 13.0 Å². The molecule has 4 nitrogen and oxygen atoms in total. The van der Waals surface area contributed by atoms with Crippen LogP contribution >= 0.6 is 11.3 Å². The number of rotatable bonds is 3. The zero-order valence-corrected chi connectivity index (χ0v) is 9.32. The topological polar surface area (TPSA) is 63.3 Å². The number of oxazole rings is 1. The number of nitrogens with zero attached hydrogens (tertiary/aromatic N) is 1. The molecule has 0 spiro atoms. The second-order valence-electron chi connectivity index (χ2n) is 3.17. The van der Waals surface area contributed by atoms with Gasteiger partial charge in [-0.25, -0.2) is 9.78 Å². The molecule has 82 valence electrons. The van der Waals surface area contributed by atoms with E-state index in [1.54, 1.807) is 12.3 Å². The molecule has 0 saturated carbocycles. The Balaban J connectivity index is 2.33. The van der Waals surface area contributed by atoms with Crippen molar-refractivity contribution < 1.29 is 14.3 Å². The standard InChI is InChI=1S/C11H9NO3S/c1-7-6-8(2-3-9(13)14)16-10(7)11-12-4-5-15-11/h2-6H,1H3,(H,13,14). The first-order valence-corrected chi connectivity index (χ1v) is 5.40. The molecular formula is C11H9NO3S. The quantitative estimate of drug-likeness (QED) is 0.831. The molecule has 16 heavy (non-hydrogen) atoms. The lowest BCUT2D eigenvalue weighted by Gasteiger charge is -1.89. The molecule has 2 heterocycles. The average Bonchev–Trinajstić information content (AvgIpc) is 2.83. The molecule has 0 unspecified atom stereocenters. The summed E-state index contributed by atoms with van der Waals surface area (Å²) in [4.78, 5) is 16.2. The normalized spacial score (nSPS) is 11.1. The summed E-state index contributed by atoms with van der Waals surface area (Å²) < 4.78 is 5.20. The SMILES string of the molecule is Cc1cc(C=CC(=O)O)sc1-c1ncco1. The number of hydrogen-bond donors (Lipinski definition) is 1. The molecular weight excluding hydrogens is 226 g/mol. The Hall–Kier alpha value is -1.88. The van der Waals surface area contributed by atoms with E-state index >= 15 is 0 Å². The molecule has 2 aromatic heterocycles. The van der Waals surface area contributed by atoms with Crippen molar-refractivity contribution in [2.45, 2.75) is 6.92 Å². The first-order valence-electron chi connectivity index (χ1n) is 4.58. The fraction of sp³-hybridized carbons (Fsp3) is 0.0909. The molecule has 0 bridgehead atoms. The maximum Gasteiger partial charge on any atom is 0.328 e. The monoisotopic (exact) mass is 235 g/mol. The van der Waals surface area contributed by atoms with Gasteiger partial charge in [0.2, 0.25) is 5.89 Å². The first kappa shape index (κ1) is 10.6. The van der Waals surface area contributed by atoms with Crippen LogP contribution < -0.4 is 0 Å². The van der Waals surface area contributed by atoms with Crippen LogP contribution in [0.4, 0.5) is 0 Å². The van der Waals surface area contributed by atoms with E-state index in [0.29, 0.717) is 5.89 Å². The van der Waals surface area contributed by atoms with E-state index in [2.05, 4.69) is 4.98 Å². The van der Waals surface area contributed by atoms with Gasteiger partial charge in [0, 0.05) is 11.0 Å². The lowest BCUT2D eigenvalue weighted by molar-refractivity contribution is -0.131. The fourth-order valence-corrected chi connectivity index (χ4v) is 2.31. The minimum Gasteiger partial charge on any atom is -0.478 e. The molecule has 0 aliphatic carbocycles. The summed E-state index contributed by atoms with van der Waals surface area (Å²) in [7, 11) is 0. The third kappa shape index (κ3) is 2.20. The second-order valence-corrected chi connectivity index (χ2v) is 4.25. The summed E-state index contributed by atoms with van der Waals surface area (Å²) >= 11 is 1.45. The molecule has 0 amide bonds. The molecule has 5 heteroatoms. The van der Waals surface area contributed by atoms with E-state index in [0.717, 1.165) is 21.4 Å². The van der Waals surface area contributed by atoms with Crippen molar-refractivity contribution in [1.82, 2.24) is 4.98 Å². The zero-order valence-electron chi connectivity index (χ0n) is 8.51. The predicted octanol–water partition coefficient (Wildman–Crippen LogP) is 2.81. The Bertz CT molecular complexity index is 525. The van der Waals surface area contributed by atoms with Crippen LogP contribution in [0, 0.1) is 6.92 Å². The van der Waals surface area contributed by atoms with Gasteiger partial charge in [-0.1, -0.05) is 0 Å². The van der Waals surface area contributed by atoms with Crippen LogP contribution in [0.25, 0.3) is 16.8 Å². The molecule has 0 fully saturated rings. The van der Waals surface area contributed by atoms with Gasteiger partial charge in [0.05, 0.1) is 11.1 Å². The predicted molar refractivity (Wildman–Crippen MR) is 61.2 cm³/mol. The van der Waals surface area contributed by atoms with Gasteiger partial charge in [-0.15, -0.1) is 11.3 Å². The number of carboxylic acids is 1. The molecule has 0 saturated heterocycles. The number of thiophene rings is 1. The highest BCUT2D eigenvalue weighted by Crippen LogP contribution is 2.31. The van der Waals surface area contributed by atoms with Gasteiger partial charge in [-0.05, 0) is 24.6 Å². The van der Waals surface area contributed by atoms with Crippen molar-refractivity contribution in [2.24, 2.45) is 0 Å². The van der Waals surface area contributed by atoms with Crippen LogP contribution in [-0.2, 0) is 4.79 Å². The molecule has 0 aliphatic rings. The summed E-state index contributed by atoms with van der Waals surface area (Å²) in [5.74, 6) is -0.388. The third-order valence-electron chi connectivity index (χ3n) is 1.95. The lowest BCUT2D eigenvalue weighted by atomic mass is 10.2. The highest BCUT2D eigenvalue weighted by atomic mass is 32.1. The molecule has 2 rings (SSSR count). The number of hydrogen-bond acceptors (Lipinski definition) is 4. The van der Waals surface area contributed by atoms with Crippen LogP contribution in [0.3, 0.4) is 0 Å². The number of carbonyl (C=O) groups is 1. The summed E-state index contributed by atoms with van der Waals surface area (Å²) in [6, 6.07) is 1.91. The summed E-state index contributed by atoms with van der Waals surface area (Å²) in [6.45, 7) is 1.94. The molecule has 2 aromatic rings. The second kappa shape index (κ2) is 4.32. The lowest BCUT2D eigenvalue weighted by Crippen LogP contribution is -1.84. The van der Waals surface area contributed by atoms with E-state index in [1.165, 1.54) is 17.6 Å². The summed E-state index contributed by atoms with van der Waals surface area (Å²) in [5, 5.41) is 8.52.